The van der Waals surface area contributed by atoms with Gasteiger partial charge in [0.25, 0.3) is 0 Å². The molecule has 1 aromatic carbocycles. The molecule has 1 N–H and O–H groups in total. The quantitative estimate of drug-likeness (QED) is 0.792. The molecule has 0 bridgehead atoms. The predicted octanol–water partition coefficient (Wildman–Crippen LogP) is 2.88. The zero-order valence-electron chi connectivity index (χ0n) is 14.9. The van der Waals surface area contributed by atoms with E-state index >= 15 is 0 Å². The van der Waals surface area contributed by atoms with Crippen molar-refractivity contribution in [2.75, 3.05) is 27.1 Å². The largest absolute Gasteiger partial charge is 0.462 e. The van der Waals surface area contributed by atoms with Gasteiger partial charge in [-0.1, -0.05) is 6.07 Å². The molecule has 1 aliphatic heterocycles. The van der Waals surface area contributed by atoms with Crippen LogP contribution in [0.4, 0.5) is 0 Å². The standard InChI is InChI=1S/C19H25NO5/c1-19(2,21)18-7-5-15(25-18)12-20(8-9-22-3)11-14-4-6-16-17(10-14)24-13-23-16/h4-7,10,21H,8-9,11-13H2,1-3H3. The second-order valence-electron chi connectivity index (χ2n) is 6.72. The molecule has 0 saturated carbocycles. The van der Waals surface area contributed by atoms with E-state index < -0.39 is 5.60 Å². The van der Waals surface area contributed by atoms with Gasteiger partial charge < -0.3 is 23.7 Å². The van der Waals surface area contributed by atoms with Crippen LogP contribution in [0.5, 0.6) is 11.5 Å². The van der Waals surface area contributed by atoms with Crippen LogP contribution in [0.3, 0.4) is 0 Å². The lowest BCUT2D eigenvalue weighted by atomic mass is 10.1. The molecule has 3 rings (SSSR count). The number of fused-ring (bicyclic) bond motifs is 1. The highest BCUT2D eigenvalue weighted by atomic mass is 16.7. The molecule has 0 saturated heterocycles. The van der Waals surface area contributed by atoms with Crippen LogP contribution in [0.15, 0.2) is 34.7 Å². The Labute approximate surface area is 147 Å². The lowest BCUT2D eigenvalue weighted by molar-refractivity contribution is 0.0511. The zero-order chi connectivity index (χ0) is 17.9. The molecule has 0 aliphatic carbocycles. The first-order chi connectivity index (χ1) is 12.0. The van der Waals surface area contributed by atoms with Gasteiger partial charge in [-0.2, -0.15) is 0 Å². The average Bonchev–Trinajstić information content (AvgIpc) is 3.20. The van der Waals surface area contributed by atoms with Crippen LogP contribution in [0, 0.1) is 0 Å². The minimum atomic E-state index is -0.979. The van der Waals surface area contributed by atoms with Crippen molar-refractivity contribution in [1.82, 2.24) is 4.90 Å². The van der Waals surface area contributed by atoms with Crippen molar-refractivity contribution in [2.45, 2.75) is 32.5 Å². The van der Waals surface area contributed by atoms with Gasteiger partial charge in [0.15, 0.2) is 11.5 Å². The van der Waals surface area contributed by atoms with E-state index in [1.54, 1.807) is 21.0 Å². The predicted molar refractivity (Wildman–Crippen MR) is 92.5 cm³/mol. The maximum absolute atomic E-state index is 10.0. The first kappa shape index (κ1) is 17.8. The Morgan fingerprint density at radius 3 is 2.64 bits per heavy atom. The van der Waals surface area contributed by atoms with Gasteiger partial charge in [0.2, 0.25) is 6.79 Å². The highest BCUT2D eigenvalue weighted by Crippen LogP contribution is 2.33. The molecule has 6 heteroatoms. The van der Waals surface area contributed by atoms with E-state index in [0.717, 1.165) is 35.9 Å². The van der Waals surface area contributed by atoms with E-state index in [2.05, 4.69) is 4.90 Å². The van der Waals surface area contributed by atoms with Gasteiger partial charge in [0.05, 0.1) is 13.2 Å². The van der Waals surface area contributed by atoms with Gasteiger partial charge in [-0.25, -0.2) is 0 Å². The summed E-state index contributed by atoms with van der Waals surface area (Å²) in [4.78, 5) is 2.23. The summed E-state index contributed by atoms with van der Waals surface area (Å²) in [5, 5.41) is 10.0. The smallest absolute Gasteiger partial charge is 0.231 e. The molecule has 0 fully saturated rings. The van der Waals surface area contributed by atoms with Crippen molar-refractivity contribution in [3.63, 3.8) is 0 Å². The van der Waals surface area contributed by atoms with Crippen molar-refractivity contribution >= 4 is 0 Å². The highest BCUT2D eigenvalue weighted by Gasteiger charge is 2.21. The Balaban J connectivity index is 1.70. The number of aliphatic hydroxyl groups is 1. The molecule has 1 aliphatic rings. The first-order valence-electron chi connectivity index (χ1n) is 8.37. The fourth-order valence-electron chi connectivity index (χ4n) is 2.74. The molecule has 2 aromatic rings. The summed E-state index contributed by atoms with van der Waals surface area (Å²) in [7, 11) is 1.69. The molecule has 0 radical (unpaired) electrons. The lowest BCUT2D eigenvalue weighted by Crippen LogP contribution is -2.26. The van der Waals surface area contributed by atoms with Crippen LogP contribution in [-0.4, -0.2) is 37.1 Å². The van der Waals surface area contributed by atoms with Gasteiger partial charge in [-0.15, -0.1) is 0 Å². The van der Waals surface area contributed by atoms with Crippen molar-refractivity contribution < 1.29 is 23.7 Å². The normalized spacial score (nSPS) is 13.6. The van der Waals surface area contributed by atoms with Crippen LogP contribution in [0.25, 0.3) is 0 Å². The van der Waals surface area contributed by atoms with Crippen LogP contribution >= 0.6 is 0 Å². The first-order valence-corrected chi connectivity index (χ1v) is 8.37. The molecular formula is C19H25NO5. The van der Waals surface area contributed by atoms with Crippen molar-refractivity contribution in [1.29, 1.82) is 0 Å². The zero-order valence-corrected chi connectivity index (χ0v) is 14.9. The Morgan fingerprint density at radius 2 is 1.92 bits per heavy atom. The molecule has 0 unspecified atom stereocenters. The van der Waals surface area contributed by atoms with Crippen molar-refractivity contribution in [2.24, 2.45) is 0 Å². The Hall–Kier alpha value is -2.02. The number of benzene rings is 1. The Bertz CT molecular complexity index is 704. The third-order valence-corrected chi connectivity index (χ3v) is 4.10. The van der Waals surface area contributed by atoms with Crippen molar-refractivity contribution in [3.05, 3.63) is 47.4 Å². The number of nitrogens with zero attached hydrogens (tertiary/aromatic N) is 1. The fourth-order valence-corrected chi connectivity index (χ4v) is 2.74. The second kappa shape index (κ2) is 7.47. The number of hydrogen-bond acceptors (Lipinski definition) is 6. The molecule has 25 heavy (non-hydrogen) atoms. The minimum absolute atomic E-state index is 0.276. The third-order valence-electron chi connectivity index (χ3n) is 4.10. The summed E-state index contributed by atoms with van der Waals surface area (Å²) in [6.07, 6.45) is 0. The van der Waals surface area contributed by atoms with Gasteiger partial charge in [-0.05, 0) is 43.7 Å². The van der Waals surface area contributed by atoms with E-state index in [9.17, 15) is 5.11 Å². The second-order valence-corrected chi connectivity index (χ2v) is 6.72. The number of ether oxygens (including phenoxy) is 3. The van der Waals surface area contributed by atoms with Gasteiger partial charge in [0, 0.05) is 20.2 Å². The van der Waals surface area contributed by atoms with Gasteiger partial charge in [-0.3, -0.25) is 4.90 Å². The summed E-state index contributed by atoms with van der Waals surface area (Å²) < 4.78 is 21.8. The van der Waals surface area contributed by atoms with Crippen molar-refractivity contribution in [3.8, 4) is 11.5 Å². The summed E-state index contributed by atoms with van der Waals surface area (Å²) in [6, 6.07) is 9.72. The summed E-state index contributed by atoms with van der Waals surface area (Å²) in [6.45, 7) is 6.47. The summed E-state index contributed by atoms with van der Waals surface area (Å²) >= 11 is 0. The molecule has 1 aromatic heterocycles. The number of rotatable bonds is 8. The van der Waals surface area contributed by atoms with Gasteiger partial charge in [0.1, 0.15) is 17.1 Å². The monoisotopic (exact) mass is 347 g/mol. The topological polar surface area (TPSA) is 64.3 Å². The van der Waals surface area contributed by atoms with E-state index in [1.807, 2.05) is 30.3 Å². The van der Waals surface area contributed by atoms with Crippen LogP contribution in [0.1, 0.15) is 30.9 Å². The number of furan rings is 1. The highest BCUT2D eigenvalue weighted by molar-refractivity contribution is 5.44. The maximum Gasteiger partial charge on any atom is 0.231 e. The Kier molecular flexibility index (Phi) is 5.32. The Morgan fingerprint density at radius 1 is 1.12 bits per heavy atom. The molecule has 0 atom stereocenters. The van der Waals surface area contributed by atoms with E-state index in [0.29, 0.717) is 18.9 Å². The number of hydrogen-bond donors (Lipinski definition) is 1. The molecular weight excluding hydrogens is 322 g/mol. The third kappa shape index (κ3) is 4.54. The fraction of sp³-hybridized carbons (Fsp3) is 0.474. The van der Waals surface area contributed by atoms with E-state index in [1.165, 1.54) is 0 Å². The molecule has 0 amide bonds. The van der Waals surface area contributed by atoms with Gasteiger partial charge >= 0.3 is 0 Å². The molecule has 2 heterocycles. The summed E-state index contributed by atoms with van der Waals surface area (Å²) in [5.41, 5.74) is 0.155. The molecule has 136 valence electrons. The SMILES string of the molecule is COCCN(Cc1ccc2c(c1)OCO2)Cc1ccc(C(C)(C)O)o1. The summed E-state index contributed by atoms with van der Waals surface area (Å²) in [5.74, 6) is 2.95. The van der Waals surface area contributed by atoms with Crippen LogP contribution in [0.2, 0.25) is 0 Å². The average molecular weight is 347 g/mol. The number of methoxy groups -OCH3 is 1. The van der Waals surface area contributed by atoms with Crippen LogP contribution in [-0.2, 0) is 23.4 Å². The minimum Gasteiger partial charge on any atom is -0.462 e. The van der Waals surface area contributed by atoms with E-state index in [-0.39, 0.29) is 6.79 Å². The maximum atomic E-state index is 10.0. The van der Waals surface area contributed by atoms with Crippen LogP contribution < -0.4 is 9.47 Å². The van der Waals surface area contributed by atoms with E-state index in [4.69, 9.17) is 18.6 Å². The molecule has 0 spiro atoms. The lowest BCUT2D eigenvalue weighted by Gasteiger charge is -2.21. The molecule has 6 nitrogen and oxygen atoms in total.